The fourth-order valence-corrected chi connectivity index (χ4v) is 11.1. The number of aliphatic hydroxyl groups is 1. The van der Waals surface area contributed by atoms with E-state index in [9.17, 15) is 43.2 Å². The number of aliphatic hydroxyl groups excluding tert-OH is 1. The predicted molar refractivity (Wildman–Crippen MR) is 408 cm³/mol. The largest absolute Gasteiger partial charge is 0.472 e. The smallest absolute Gasteiger partial charge is 0.462 e. The maximum absolute atomic E-state index is 13.1. The van der Waals surface area contributed by atoms with Crippen molar-refractivity contribution in [2.75, 3.05) is 39.6 Å². The van der Waals surface area contributed by atoms with Gasteiger partial charge < -0.3 is 33.8 Å². The van der Waals surface area contributed by atoms with E-state index >= 15 is 0 Å². The molecular formula is C81H134O17P2. The summed E-state index contributed by atoms with van der Waals surface area (Å²) in [5, 5.41) is 10.6. The van der Waals surface area contributed by atoms with Gasteiger partial charge in [-0.1, -0.05) is 257 Å². The molecule has 0 bridgehead atoms. The van der Waals surface area contributed by atoms with Crippen LogP contribution in [-0.4, -0.2) is 96.7 Å². The summed E-state index contributed by atoms with van der Waals surface area (Å²) in [6.45, 7) is 4.43. The number of ether oxygens (including phenoxy) is 4. The van der Waals surface area contributed by atoms with Gasteiger partial charge in [0, 0.05) is 25.7 Å². The molecule has 0 saturated heterocycles. The quantitative estimate of drug-likeness (QED) is 0.0169. The molecule has 0 rings (SSSR count). The van der Waals surface area contributed by atoms with E-state index in [0.717, 1.165) is 141 Å². The molecule has 0 heterocycles. The fourth-order valence-electron chi connectivity index (χ4n) is 9.50. The second-order valence-electron chi connectivity index (χ2n) is 24.8. The maximum Gasteiger partial charge on any atom is 0.472 e. The number of rotatable bonds is 70. The third kappa shape index (κ3) is 71.3. The number of hydrogen-bond donors (Lipinski definition) is 3. The van der Waals surface area contributed by atoms with Gasteiger partial charge in [-0.2, -0.15) is 0 Å². The van der Waals surface area contributed by atoms with Crippen molar-refractivity contribution in [1.29, 1.82) is 0 Å². The molecule has 0 aliphatic rings. The van der Waals surface area contributed by atoms with Crippen LogP contribution in [0.2, 0.25) is 0 Å². The highest BCUT2D eigenvalue weighted by atomic mass is 31.2. The van der Waals surface area contributed by atoms with Gasteiger partial charge in [-0.15, -0.1) is 0 Å². The van der Waals surface area contributed by atoms with Gasteiger partial charge in [0.1, 0.15) is 19.3 Å². The van der Waals surface area contributed by atoms with Crippen molar-refractivity contribution in [3.63, 3.8) is 0 Å². The Labute approximate surface area is 605 Å². The Morgan fingerprint density at radius 1 is 0.290 bits per heavy atom. The molecule has 0 amide bonds. The molecule has 5 atom stereocenters. The Morgan fingerprint density at radius 2 is 0.540 bits per heavy atom. The molecule has 100 heavy (non-hydrogen) atoms. The SMILES string of the molecule is CC/C=C\C/C=C\C/C=C\C/C=C\C/C=C\CCCC(=O)OCC(COP(=O)(O)OCC(O)COP(=O)(O)OCC(COC(=O)CCC/C=C\C/C=C\C/C=C\C/C=C\C/C=C\CC)OC(=O)CCCCCCC/C=C\CCCCCCCC)OC(=O)CCCCCCC/C=C\CCCC. The van der Waals surface area contributed by atoms with Crippen LogP contribution in [0.15, 0.2) is 146 Å². The lowest BCUT2D eigenvalue weighted by atomic mass is 10.1. The molecule has 570 valence electrons. The first-order valence-electron chi connectivity index (χ1n) is 38.1. The van der Waals surface area contributed by atoms with Crippen LogP contribution in [0, 0.1) is 0 Å². The average molecular weight is 1440 g/mol. The standard InChI is InChI=1S/C81H134O17P2/c1-5-9-13-17-21-25-29-32-35-37-40-42-46-49-53-57-61-65-78(83)91-71-76(97-80(85)67-63-59-55-51-45-28-24-20-16-12-8-4)73-95-99(87,88)93-69-75(82)70-94-100(89,90)96-74-77(98-81(86)68-64-60-56-52-48-44-39-34-31-27-23-19-15-11-7-3)72-92-79(84)66-62-58-54-50-47-43-41-38-36-33-30-26-22-18-14-10-6-2/h9-10,13-14,20-22,24-26,32-36,39-43,49-50,53-54,75-77,82H,5-8,11-12,15-19,23,27-31,37-38,44-48,51-52,55-74H2,1-4H3,(H,87,88)(H,89,90)/b13-9-,14-10-,24-20-,25-21-,26-22-,35-32-,36-33-,39-34-,42-40-,43-41-,53-49-,54-50-. The lowest BCUT2D eigenvalue weighted by Crippen LogP contribution is -2.30. The van der Waals surface area contributed by atoms with Gasteiger partial charge >= 0.3 is 39.5 Å². The van der Waals surface area contributed by atoms with Crippen LogP contribution in [-0.2, 0) is 65.4 Å². The van der Waals surface area contributed by atoms with Gasteiger partial charge in [-0.05, 0) is 148 Å². The molecule has 0 spiro atoms. The number of phosphoric acid groups is 2. The van der Waals surface area contributed by atoms with E-state index in [1.807, 2.05) is 24.3 Å². The molecule has 0 saturated carbocycles. The topological polar surface area (TPSA) is 237 Å². The minimum Gasteiger partial charge on any atom is -0.462 e. The van der Waals surface area contributed by atoms with Gasteiger partial charge in [-0.25, -0.2) is 9.13 Å². The Morgan fingerprint density at radius 3 is 0.870 bits per heavy atom. The van der Waals surface area contributed by atoms with Crippen LogP contribution >= 0.6 is 15.6 Å². The van der Waals surface area contributed by atoms with Gasteiger partial charge in [-0.3, -0.25) is 37.3 Å². The Bertz CT molecular complexity index is 2470. The first-order valence-corrected chi connectivity index (χ1v) is 41.1. The maximum atomic E-state index is 13.1. The van der Waals surface area contributed by atoms with E-state index in [1.54, 1.807) is 0 Å². The van der Waals surface area contributed by atoms with E-state index in [1.165, 1.54) is 51.4 Å². The van der Waals surface area contributed by atoms with E-state index in [4.69, 9.17) is 37.0 Å². The zero-order valence-corrected chi connectivity index (χ0v) is 63.9. The van der Waals surface area contributed by atoms with Crippen LogP contribution in [0.1, 0.15) is 285 Å². The van der Waals surface area contributed by atoms with Crippen molar-refractivity contribution in [2.24, 2.45) is 0 Å². The minimum absolute atomic E-state index is 0.0669. The Kier molecular flexibility index (Phi) is 68.6. The summed E-state index contributed by atoms with van der Waals surface area (Å²) >= 11 is 0. The van der Waals surface area contributed by atoms with Crippen LogP contribution in [0.5, 0.6) is 0 Å². The van der Waals surface area contributed by atoms with Crippen LogP contribution in [0.3, 0.4) is 0 Å². The van der Waals surface area contributed by atoms with E-state index in [2.05, 4.69) is 149 Å². The normalized spacial score (nSPS) is 14.8. The molecule has 19 heteroatoms. The van der Waals surface area contributed by atoms with Crippen molar-refractivity contribution >= 4 is 39.5 Å². The highest BCUT2D eigenvalue weighted by Crippen LogP contribution is 2.45. The number of hydrogen-bond acceptors (Lipinski definition) is 15. The molecule has 0 aromatic rings. The fraction of sp³-hybridized carbons (Fsp3) is 0.654. The molecule has 0 aromatic heterocycles. The molecular weight excluding hydrogens is 1310 g/mol. The number of allylic oxidation sites excluding steroid dienone is 24. The lowest BCUT2D eigenvalue weighted by Gasteiger charge is -2.21. The molecule has 0 fully saturated rings. The second kappa shape index (κ2) is 72.3. The van der Waals surface area contributed by atoms with Crippen molar-refractivity contribution < 1.29 is 80.2 Å². The van der Waals surface area contributed by atoms with Crippen molar-refractivity contribution in [2.45, 2.75) is 303 Å². The lowest BCUT2D eigenvalue weighted by molar-refractivity contribution is -0.161. The monoisotopic (exact) mass is 1440 g/mol. The second-order valence-corrected chi connectivity index (χ2v) is 27.7. The van der Waals surface area contributed by atoms with Crippen LogP contribution in [0.4, 0.5) is 0 Å². The summed E-state index contributed by atoms with van der Waals surface area (Å²) in [5.74, 6) is -2.34. The number of carbonyl (C=O) groups is 4. The molecule has 0 radical (unpaired) electrons. The van der Waals surface area contributed by atoms with E-state index < -0.39 is 97.5 Å². The molecule has 0 aliphatic carbocycles. The van der Waals surface area contributed by atoms with Crippen LogP contribution in [0.25, 0.3) is 0 Å². The zero-order chi connectivity index (χ0) is 73.2. The summed E-state index contributed by atoms with van der Waals surface area (Å²) in [6, 6.07) is 0. The zero-order valence-electron chi connectivity index (χ0n) is 62.1. The van der Waals surface area contributed by atoms with Gasteiger partial charge in [0.2, 0.25) is 0 Å². The first-order chi connectivity index (χ1) is 48.7. The highest BCUT2D eigenvalue weighted by Gasteiger charge is 2.30. The molecule has 17 nitrogen and oxygen atoms in total. The minimum atomic E-state index is -5.00. The van der Waals surface area contributed by atoms with Gasteiger partial charge in [0.05, 0.1) is 26.4 Å². The summed E-state index contributed by atoms with van der Waals surface area (Å²) < 4.78 is 68.3. The summed E-state index contributed by atoms with van der Waals surface area (Å²) in [7, 11) is -9.99. The van der Waals surface area contributed by atoms with Gasteiger partial charge in [0.15, 0.2) is 12.2 Å². The van der Waals surface area contributed by atoms with Crippen LogP contribution < -0.4 is 0 Å². The first kappa shape index (κ1) is 94.9. The Balaban J connectivity index is 5.44. The molecule has 0 aromatic carbocycles. The number of phosphoric ester groups is 2. The molecule has 3 N–H and O–H groups in total. The Hall–Kier alpha value is -5.06. The summed E-state index contributed by atoms with van der Waals surface area (Å²) in [6.07, 6.45) is 81.5. The van der Waals surface area contributed by atoms with Crippen molar-refractivity contribution in [1.82, 2.24) is 0 Å². The molecule has 0 aliphatic heterocycles. The number of carbonyl (C=O) groups excluding carboxylic acids is 4. The summed E-state index contributed by atoms with van der Waals surface area (Å²) in [4.78, 5) is 72.8. The van der Waals surface area contributed by atoms with Gasteiger partial charge in [0.25, 0.3) is 0 Å². The third-order valence-corrected chi connectivity index (χ3v) is 17.2. The van der Waals surface area contributed by atoms with Crippen molar-refractivity contribution in [3.05, 3.63) is 146 Å². The van der Waals surface area contributed by atoms with E-state index in [0.29, 0.717) is 38.5 Å². The number of esters is 4. The third-order valence-electron chi connectivity index (χ3n) is 15.3. The average Bonchev–Trinajstić information content (AvgIpc) is 0.989. The van der Waals surface area contributed by atoms with E-state index in [-0.39, 0.29) is 25.7 Å². The molecule has 5 unspecified atom stereocenters. The summed E-state index contributed by atoms with van der Waals surface area (Å²) in [5.41, 5.74) is 0. The number of unbranched alkanes of at least 4 members (excludes halogenated alkanes) is 20. The predicted octanol–water partition coefficient (Wildman–Crippen LogP) is 21.9. The van der Waals surface area contributed by atoms with Crippen molar-refractivity contribution in [3.8, 4) is 0 Å². The highest BCUT2D eigenvalue weighted by molar-refractivity contribution is 7.47.